The van der Waals surface area contributed by atoms with Crippen LogP contribution in [0, 0.1) is 0 Å². The van der Waals surface area contributed by atoms with E-state index in [-0.39, 0.29) is 29.8 Å². The first kappa shape index (κ1) is 24.6. The summed E-state index contributed by atoms with van der Waals surface area (Å²) in [7, 11) is 0. The zero-order chi connectivity index (χ0) is 24.8. The van der Waals surface area contributed by atoms with Gasteiger partial charge in [-0.25, -0.2) is 9.48 Å². The molecular weight excluding hydrogens is 467 g/mol. The molecule has 3 heterocycles. The Morgan fingerprint density at radius 3 is 2.74 bits per heavy atom. The molecule has 9 nitrogen and oxygen atoms in total. The molecule has 0 atom stereocenters. The smallest absolute Gasteiger partial charge is 0.408 e. The lowest BCUT2D eigenvalue weighted by molar-refractivity contribution is -0.142. The van der Waals surface area contributed by atoms with Crippen molar-refractivity contribution in [1.29, 1.82) is 0 Å². The van der Waals surface area contributed by atoms with Crippen molar-refractivity contribution in [2.45, 2.75) is 19.1 Å². The molecule has 186 valence electrons. The van der Waals surface area contributed by atoms with Gasteiger partial charge in [0.1, 0.15) is 24.5 Å². The maximum atomic E-state index is 12.6. The molecule has 12 heteroatoms. The highest BCUT2D eigenvalue weighted by molar-refractivity contribution is 5.89. The molecule has 1 saturated heterocycles. The maximum absolute atomic E-state index is 12.6. The van der Waals surface area contributed by atoms with Gasteiger partial charge in [0.2, 0.25) is 5.43 Å². The summed E-state index contributed by atoms with van der Waals surface area (Å²) in [6, 6.07) is 8.00. The number of halogens is 3. The Labute approximate surface area is 198 Å². The maximum Gasteiger partial charge on any atom is 0.408 e. The molecule has 35 heavy (non-hydrogen) atoms. The minimum atomic E-state index is -4.40. The van der Waals surface area contributed by atoms with Crippen LogP contribution < -0.4 is 5.43 Å². The van der Waals surface area contributed by atoms with E-state index in [0.29, 0.717) is 30.9 Å². The van der Waals surface area contributed by atoms with Crippen molar-refractivity contribution < 1.29 is 27.4 Å². The Bertz CT molecular complexity index is 1220. The molecule has 2 aromatic heterocycles. The number of alkyl halides is 3. The highest BCUT2D eigenvalue weighted by Crippen LogP contribution is 2.18. The van der Waals surface area contributed by atoms with Crippen molar-refractivity contribution in [2.75, 3.05) is 39.5 Å². The number of morpholine rings is 1. The number of carbonyl (C=O) groups is 1. The van der Waals surface area contributed by atoms with E-state index in [1.54, 1.807) is 24.3 Å². The summed E-state index contributed by atoms with van der Waals surface area (Å²) in [6.07, 6.45) is -0.475. The van der Waals surface area contributed by atoms with Gasteiger partial charge in [-0.15, -0.1) is 0 Å². The van der Waals surface area contributed by atoms with Gasteiger partial charge in [-0.05, 0) is 17.7 Å². The van der Waals surface area contributed by atoms with Crippen LogP contribution in [-0.2, 0) is 22.4 Å². The Balaban J connectivity index is 1.41. The molecule has 1 aromatic carbocycles. The fourth-order valence-corrected chi connectivity index (χ4v) is 3.63. The van der Waals surface area contributed by atoms with Crippen molar-refractivity contribution in [2.24, 2.45) is 0 Å². The number of rotatable bonds is 8. The number of carbonyl (C=O) groups excluding carboxylic acids is 1. The Morgan fingerprint density at radius 1 is 1.17 bits per heavy atom. The van der Waals surface area contributed by atoms with Gasteiger partial charge in [0.15, 0.2) is 0 Å². The van der Waals surface area contributed by atoms with Crippen molar-refractivity contribution in [3.8, 4) is 5.69 Å². The minimum Gasteiger partial charge on any atom is -0.461 e. The van der Waals surface area contributed by atoms with Gasteiger partial charge in [0.25, 0.3) is 0 Å². The molecule has 0 radical (unpaired) electrons. The molecule has 0 unspecified atom stereocenters. The monoisotopic (exact) mass is 491 g/mol. The predicted octanol–water partition coefficient (Wildman–Crippen LogP) is 2.07. The van der Waals surface area contributed by atoms with Gasteiger partial charge >= 0.3 is 12.1 Å². The number of esters is 1. The molecule has 4 rings (SSSR count). The lowest BCUT2D eigenvalue weighted by atomic mass is 10.1. The third-order valence-electron chi connectivity index (χ3n) is 5.38. The first-order chi connectivity index (χ1) is 16.8. The van der Waals surface area contributed by atoms with E-state index in [1.165, 1.54) is 29.3 Å². The summed E-state index contributed by atoms with van der Waals surface area (Å²) < 4.78 is 50.5. The standard InChI is InChI=1S/C23H24F3N5O4/c24-23(25,26)16-30-15-19(14-27-30)31-5-4-21(32)20(28-31)13-17-2-1-3-18(12-17)22(33)35-11-8-29-6-9-34-10-7-29/h1-5,12,14-15H,6-11,13,16H2. The predicted molar refractivity (Wildman–Crippen MR) is 118 cm³/mol. The van der Waals surface area contributed by atoms with E-state index in [1.807, 2.05) is 0 Å². The second kappa shape index (κ2) is 10.8. The lowest BCUT2D eigenvalue weighted by Crippen LogP contribution is -2.38. The molecular formula is C23H24F3N5O4. The van der Waals surface area contributed by atoms with E-state index in [2.05, 4.69) is 15.1 Å². The largest absolute Gasteiger partial charge is 0.461 e. The van der Waals surface area contributed by atoms with E-state index in [4.69, 9.17) is 9.47 Å². The van der Waals surface area contributed by atoms with Crippen LogP contribution in [0.25, 0.3) is 5.69 Å². The van der Waals surface area contributed by atoms with Crippen LogP contribution in [-0.4, -0.2) is 76.1 Å². The van der Waals surface area contributed by atoms with Gasteiger partial charge in [-0.2, -0.15) is 23.4 Å². The lowest BCUT2D eigenvalue weighted by Gasteiger charge is -2.26. The van der Waals surface area contributed by atoms with Crippen LogP contribution in [0.15, 0.2) is 53.7 Å². The normalized spacial score (nSPS) is 14.7. The molecule has 0 N–H and O–H groups in total. The second-order valence-corrected chi connectivity index (χ2v) is 8.05. The number of hydrogen-bond acceptors (Lipinski definition) is 7. The molecule has 1 aliphatic heterocycles. The number of nitrogens with zero attached hydrogens (tertiary/aromatic N) is 5. The minimum absolute atomic E-state index is 0.130. The molecule has 1 fully saturated rings. The van der Waals surface area contributed by atoms with Crippen molar-refractivity contribution in [3.63, 3.8) is 0 Å². The van der Waals surface area contributed by atoms with Crippen LogP contribution in [0.4, 0.5) is 13.2 Å². The highest BCUT2D eigenvalue weighted by atomic mass is 19.4. The molecule has 0 bridgehead atoms. The summed E-state index contributed by atoms with van der Waals surface area (Å²) >= 11 is 0. The molecule has 1 aliphatic rings. The summed E-state index contributed by atoms with van der Waals surface area (Å²) in [6.45, 7) is 2.60. The fraction of sp³-hybridized carbons (Fsp3) is 0.391. The van der Waals surface area contributed by atoms with E-state index < -0.39 is 18.7 Å². The number of hydrogen-bond donors (Lipinski definition) is 0. The Morgan fingerprint density at radius 2 is 1.97 bits per heavy atom. The SMILES string of the molecule is O=C(OCCN1CCOCC1)c1cccc(Cc2nn(-c3cnn(CC(F)(F)F)c3)ccc2=O)c1. The average Bonchev–Trinajstić information content (AvgIpc) is 3.28. The van der Waals surface area contributed by atoms with Crippen LogP contribution in [0.3, 0.4) is 0 Å². The number of ether oxygens (including phenoxy) is 2. The first-order valence-corrected chi connectivity index (χ1v) is 11.0. The van der Waals surface area contributed by atoms with Crippen molar-refractivity contribution in [3.05, 3.63) is 76.0 Å². The quantitative estimate of drug-likeness (QED) is 0.446. The Kier molecular flexibility index (Phi) is 7.61. The highest BCUT2D eigenvalue weighted by Gasteiger charge is 2.28. The number of aromatic nitrogens is 4. The Hall–Kier alpha value is -3.51. The topological polar surface area (TPSA) is 91.5 Å². The van der Waals surface area contributed by atoms with Crippen LogP contribution in [0.2, 0.25) is 0 Å². The molecule has 0 amide bonds. The van der Waals surface area contributed by atoms with E-state index in [0.717, 1.165) is 17.8 Å². The summed E-state index contributed by atoms with van der Waals surface area (Å²) in [5, 5.41) is 7.96. The zero-order valence-corrected chi connectivity index (χ0v) is 18.8. The van der Waals surface area contributed by atoms with Crippen LogP contribution in [0.5, 0.6) is 0 Å². The molecule has 0 aliphatic carbocycles. The van der Waals surface area contributed by atoms with E-state index >= 15 is 0 Å². The second-order valence-electron chi connectivity index (χ2n) is 8.05. The van der Waals surface area contributed by atoms with Gasteiger partial charge in [0.05, 0.1) is 31.2 Å². The van der Waals surface area contributed by atoms with E-state index in [9.17, 15) is 22.8 Å². The molecule has 0 saturated carbocycles. The number of benzene rings is 1. The van der Waals surface area contributed by atoms with Gasteiger partial charge < -0.3 is 9.47 Å². The van der Waals surface area contributed by atoms with Gasteiger partial charge in [-0.3, -0.25) is 14.4 Å². The average molecular weight is 491 g/mol. The first-order valence-electron chi connectivity index (χ1n) is 11.0. The third kappa shape index (κ3) is 6.99. The molecule has 3 aromatic rings. The summed E-state index contributed by atoms with van der Waals surface area (Å²) in [5.41, 5.74) is 1.15. The fourth-order valence-electron chi connectivity index (χ4n) is 3.63. The summed E-state index contributed by atoms with van der Waals surface area (Å²) in [5.74, 6) is -0.462. The van der Waals surface area contributed by atoms with Crippen LogP contribution in [0.1, 0.15) is 21.6 Å². The third-order valence-corrected chi connectivity index (χ3v) is 5.38. The van der Waals surface area contributed by atoms with Crippen molar-refractivity contribution >= 4 is 5.97 Å². The molecule has 0 spiro atoms. The van der Waals surface area contributed by atoms with Gasteiger partial charge in [0, 0.05) is 38.3 Å². The van der Waals surface area contributed by atoms with Crippen LogP contribution >= 0.6 is 0 Å². The summed E-state index contributed by atoms with van der Waals surface area (Å²) in [4.78, 5) is 27.0. The zero-order valence-electron chi connectivity index (χ0n) is 18.8. The van der Waals surface area contributed by atoms with Gasteiger partial charge in [-0.1, -0.05) is 12.1 Å². The van der Waals surface area contributed by atoms with Crippen molar-refractivity contribution in [1.82, 2.24) is 24.5 Å².